The number of hydrogen-bond donors (Lipinski definition) is 0. The van der Waals surface area contributed by atoms with Crippen molar-refractivity contribution in [2.24, 2.45) is 0 Å². The summed E-state index contributed by atoms with van der Waals surface area (Å²) in [4.78, 5) is 0. The molecule has 0 radical (unpaired) electrons. The van der Waals surface area contributed by atoms with Crippen LogP contribution in [0.2, 0.25) is 0 Å². The van der Waals surface area contributed by atoms with Gasteiger partial charge < -0.3 is 3.79 Å². The standard InChI is InChI=1S/C21H43O.Al.2H/c1-3-5-7-9-11-13-15-17-19-21(22)20-18-16-14-12-10-8-6-4-2;;;/h21H,3-20H2,1-2H3;;;/q-1;+1;;. The zero-order chi connectivity index (χ0) is 17.0. The molecule has 0 saturated heterocycles. The van der Waals surface area contributed by atoms with Crippen LogP contribution >= 0.6 is 0 Å². The third kappa shape index (κ3) is 18.7. The molecule has 0 rings (SSSR count). The second-order valence-electron chi connectivity index (χ2n) is 7.38. The highest BCUT2D eigenvalue weighted by Gasteiger charge is 2.05. The van der Waals surface area contributed by atoms with Crippen LogP contribution in [0.25, 0.3) is 0 Å². The maximum absolute atomic E-state index is 5.81. The highest BCUT2D eigenvalue weighted by Crippen LogP contribution is 2.16. The lowest BCUT2D eigenvalue weighted by Gasteiger charge is -2.16. The van der Waals surface area contributed by atoms with E-state index in [1.165, 1.54) is 116 Å². The SMILES string of the molecule is CCCCCCCCCCC(CCCCCCCCCC)[O][AlH2]. The molecule has 138 valence electrons. The Morgan fingerprint density at radius 2 is 0.826 bits per heavy atom. The molecule has 0 aliphatic rings. The van der Waals surface area contributed by atoms with Crippen LogP contribution in [0.4, 0.5) is 0 Å². The van der Waals surface area contributed by atoms with Gasteiger partial charge in [-0.2, -0.15) is 0 Å². The molecule has 0 unspecified atom stereocenters. The van der Waals surface area contributed by atoms with Gasteiger partial charge in [-0.3, -0.25) is 0 Å². The molecule has 0 spiro atoms. The number of hydrogen-bond acceptors (Lipinski definition) is 1. The van der Waals surface area contributed by atoms with Crippen molar-refractivity contribution < 1.29 is 3.79 Å². The number of unbranched alkanes of at least 4 members (excludes halogenated alkanes) is 14. The average Bonchev–Trinajstić information content (AvgIpc) is 2.57. The van der Waals surface area contributed by atoms with E-state index in [1.807, 2.05) is 0 Å². The van der Waals surface area contributed by atoms with Crippen molar-refractivity contribution in [1.82, 2.24) is 0 Å². The first-order valence-electron chi connectivity index (χ1n) is 10.9. The zero-order valence-corrected chi connectivity index (χ0v) is 18.7. The Balaban J connectivity index is 3.29. The third-order valence-electron chi connectivity index (χ3n) is 5.09. The van der Waals surface area contributed by atoms with Gasteiger partial charge in [0.25, 0.3) is 0 Å². The van der Waals surface area contributed by atoms with Crippen molar-refractivity contribution in [2.45, 2.75) is 136 Å². The minimum Gasteiger partial charge on any atom is -0.504 e. The van der Waals surface area contributed by atoms with Crippen LogP contribution in [0.1, 0.15) is 129 Å². The topological polar surface area (TPSA) is 9.23 Å². The van der Waals surface area contributed by atoms with E-state index in [9.17, 15) is 0 Å². The summed E-state index contributed by atoms with van der Waals surface area (Å²) in [6.07, 6.45) is 26.0. The van der Waals surface area contributed by atoms with Gasteiger partial charge in [0.2, 0.25) is 0 Å². The van der Waals surface area contributed by atoms with E-state index in [4.69, 9.17) is 3.79 Å². The van der Waals surface area contributed by atoms with Gasteiger partial charge in [0.1, 0.15) is 0 Å². The van der Waals surface area contributed by atoms with E-state index in [2.05, 4.69) is 13.8 Å². The van der Waals surface area contributed by atoms with Crippen LogP contribution < -0.4 is 0 Å². The molecular weight excluding hydrogens is 295 g/mol. The quantitative estimate of drug-likeness (QED) is 0.182. The van der Waals surface area contributed by atoms with Crippen LogP contribution in [0.5, 0.6) is 0 Å². The predicted molar refractivity (Wildman–Crippen MR) is 108 cm³/mol. The van der Waals surface area contributed by atoms with Crippen LogP contribution in [0.3, 0.4) is 0 Å². The average molecular weight is 341 g/mol. The van der Waals surface area contributed by atoms with Gasteiger partial charge in [0.15, 0.2) is 0 Å². The van der Waals surface area contributed by atoms with Gasteiger partial charge in [-0.05, 0) is 12.8 Å². The summed E-state index contributed by atoms with van der Waals surface area (Å²) < 4.78 is 5.81. The van der Waals surface area contributed by atoms with E-state index in [0.717, 1.165) is 16.6 Å². The fourth-order valence-corrected chi connectivity index (χ4v) is 3.86. The van der Waals surface area contributed by atoms with E-state index < -0.39 is 0 Å². The Labute approximate surface area is 156 Å². The summed E-state index contributed by atoms with van der Waals surface area (Å²) in [5, 5.41) is 0. The molecule has 0 aliphatic carbocycles. The molecule has 0 aliphatic heterocycles. The lowest BCUT2D eigenvalue weighted by atomic mass is 10.0. The Bertz CT molecular complexity index is 188. The minimum absolute atomic E-state index is 0.585. The second kappa shape index (κ2) is 20.5. The van der Waals surface area contributed by atoms with Gasteiger partial charge >= 0.3 is 16.6 Å². The summed E-state index contributed by atoms with van der Waals surface area (Å²) in [5.41, 5.74) is 0. The van der Waals surface area contributed by atoms with E-state index in [0.29, 0.717) is 6.10 Å². The maximum atomic E-state index is 5.81. The molecule has 0 aromatic rings. The molecule has 2 heteroatoms. The van der Waals surface area contributed by atoms with Gasteiger partial charge in [-0.1, -0.05) is 117 Å². The third-order valence-corrected chi connectivity index (χ3v) is 5.76. The molecule has 0 N–H and O–H groups in total. The van der Waals surface area contributed by atoms with Crippen LogP contribution in [-0.2, 0) is 3.79 Å². The van der Waals surface area contributed by atoms with E-state index in [1.54, 1.807) is 0 Å². The molecule has 0 amide bonds. The monoisotopic (exact) mass is 340 g/mol. The predicted octanol–water partition coefficient (Wildman–Crippen LogP) is 6.98. The summed E-state index contributed by atoms with van der Waals surface area (Å²) in [7, 11) is 0. The minimum atomic E-state index is 0.585. The summed E-state index contributed by atoms with van der Waals surface area (Å²) in [6.45, 7) is 4.58. The first-order chi connectivity index (χ1) is 11.3. The second-order valence-corrected chi connectivity index (χ2v) is 7.86. The van der Waals surface area contributed by atoms with Gasteiger partial charge in [0.05, 0.1) is 0 Å². The van der Waals surface area contributed by atoms with Crippen molar-refractivity contribution >= 4 is 16.6 Å². The lowest BCUT2D eigenvalue weighted by Crippen LogP contribution is -2.11. The van der Waals surface area contributed by atoms with Crippen LogP contribution in [-0.4, -0.2) is 22.7 Å². The Morgan fingerprint density at radius 3 is 1.13 bits per heavy atom. The van der Waals surface area contributed by atoms with Crippen LogP contribution in [0.15, 0.2) is 0 Å². The van der Waals surface area contributed by atoms with Gasteiger partial charge in [-0.15, -0.1) is 0 Å². The fourth-order valence-electron chi connectivity index (χ4n) is 3.39. The Hall–Kier alpha value is 0.492. The van der Waals surface area contributed by atoms with E-state index >= 15 is 0 Å². The molecule has 0 heterocycles. The first-order valence-corrected chi connectivity index (χ1v) is 11.7. The van der Waals surface area contributed by atoms with Crippen molar-refractivity contribution in [3.05, 3.63) is 0 Å². The smallest absolute Gasteiger partial charge is 0.410 e. The Kier molecular flexibility index (Phi) is 21.0. The molecule has 0 aromatic carbocycles. The molecule has 0 fully saturated rings. The molecular formula is C21H45AlO. The summed E-state index contributed by atoms with van der Waals surface area (Å²) in [5.74, 6) is 0. The fraction of sp³-hybridized carbons (Fsp3) is 1.00. The molecule has 23 heavy (non-hydrogen) atoms. The Morgan fingerprint density at radius 1 is 0.522 bits per heavy atom. The molecule has 0 atom stereocenters. The van der Waals surface area contributed by atoms with E-state index in [-0.39, 0.29) is 0 Å². The lowest BCUT2D eigenvalue weighted by molar-refractivity contribution is 0.189. The molecule has 1 nitrogen and oxygen atoms in total. The largest absolute Gasteiger partial charge is 0.504 e. The van der Waals surface area contributed by atoms with Crippen molar-refractivity contribution in [1.29, 1.82) is 0 Å². The van der Waals surface area contributed by atoms with Crippen molar-refractivity contribution in [3.63, 3.8) is 0 Å². The highest BCUT2D eigenvalue weighted by atomic mass is 27.1. The highest BCUT2D eigenvalue weighted by molar-refractivity contribution is 5.98. The maximum Gasteiger partial charge on any atom is 0.410 e. The van der Waals surface area contributed by atoms with Gasteiger partial charge in [0, 0.05) is 6.10 Å². The molecule has 0 bridgehead atoms. The number of rotatable bonds is 19. The van der Waals surface area contributed by atoms with Crippen LogP contribution in [0, 0.1) is 0 Å². The summed E-state index contributed by atoms with van der Waals surface area (Å²) >= 11 is 0.914. The first kappa shape index (κ1) is 23.5. The van der Waals surface area contributed by atoms with Gasteiger partial charge in [-0.25, -0.2) is 0 Å². The van der Waals surface area contributed by atoms with Crippen molar-refractivity contribution in [2.75, 3.05) is 0 Å². The van der Waals surface area contributed by atoms with Crippen molar-refractivity contribution in [3.8, 4) is 0 Å². The molecule has 0 aromatic heterocycles. The zero-order valence-electron chi connectivity index (χ0n) is 16.7. The molecule has 0 saturated carbocycles. The normalized spacial score (nSPS) is 11.4. The summed E-state index contributed by atoms with van der Waals surface area (Å²) in [6, 6.07) is 0.